The fourth-order valence-corrected chi connectivity index (χ4v) is 3.33. The zero-order valence-electron chi connectivity index (χ0n) is 15.9. The third-order valence-electron chi connectivity index (χ3n) is 4.87. The van der Waals surface area contributed by atoms with E-state index in [2.05, 4.69) is 20.7 Å². The molecule has 0 saturated carbocycles. The van der Waals surface area contributed by atoms with Crippen LogP contribution in [0, 0.1) is 6.92 Å². The maximum Gasteiger partial charge on any atom is 0.251 e. The summed E-state index contributed by atoms with van der Waals surface area (Å²) in [7, 11) is 0. The van der Waals surface area contributed by atoms with Gasteiger partial charge in [0.05, 0.1) is 11.4 Å². The van der Waals surface area contributed by atoms with E-state index in [1.807, 2.05) is 49.4 Å². The van der Waals surface area contributed by atoms with Crippen molar-refractivity contribution >= 4 is 23.2 Å². The summed E-state index contributed by atoms with van der Waals surface area (Å²) >= 11 is 0. The highest BCUT2D eigenvalue weighted by molar-refractivity contribution is 6.14. The Hall–Kier alpha value is -3.55. The van der Waals surface area contributed by atoms with Crippen molar-refractivity contribution in [2.75, 3.05) is 10.2 Å². The predicted molar refractivity (Wildman–Crippen MR) is 105 cm³/mol. The number of tetrazole rings is 1. The lowest BCUT2D eigenvalue weighted by molar-refractivity contribution is -0.127. The number of nitrogens with one attached hydrogen (secondary N) is 1. The first kappa shape index (κ1) is 17.8. The zero-order valence-corrected chi connectivity index (χ0v) is 15.9. The van der Waals surface area contributed by atoms with Crippen molar-refractivity contribution in [1.29, 1.82) is 0 Å². The molecule has 2 heterocycles. The Kier molecular flexibility index (Phi) is 4.18. The van der Waals surface area contributed by atoms with E-state index in [4.69, 9.17) is 0 Å². The van der Waals surface area contributed by atoms with E-state index in [9.17, 15) is 9.59 Å². The highest BCUT2D eigenvalue weighted by atomic mass is 16.2. The highest BCUT2D eigenvalue weighted by Gasteiger charge is 2.43. The molecule has 142 valence electrons. The molecule has 1 aliphatic rings. The third kappa shape index (κ3) is 2.92. The third-order valence-corrected chi connectivity index (χ3v) is 4.87. The van der Waals surface area contributed by atoms with Crippen LogP contribution in [0.2, 0.25) is 0 Å². The molecule has 0 unspecified atom stereocenters. The molecular formula is C20H20N6O2. The van der Waals surface area contributed by atoms with Crippen LogP contribution >= 0.6 is 0 Å². The first-order chi connectivity index (χ1) is 13.4. The topological polar surface area (TPSA) is 93.0 Å². The van der Waals surface area contributed by atoms with E-state index in [-0.39, 0.29) is 18.4 Å². The number of carbonyl (C=O) groups is 2. The minimum atomic E-state index is -1.04. The van der Waals surface area contributed by atoms with Crippen LogP contribution < -0.4 is 10.2 Å². The van der Waals surface area contributed by atoms with Crippen LogP contribution in [0.5, 0.6) is 0 Å². The molecule has 0 radical (unpaired) electrons. The summed E-state index contributed by atoms with van der Waals surface area (Å²) in [6.07, 6.45) is 0. The Morgan fingerprint density at radius 3 is 2.61 bits per heavy atom. The number of hydrogen-bond donors (Lipinski definition) is 1. The number of anilines is 2. The lowest BCUT2D eigenvalue weighted by Crippen LogP contribution is -2.59. The lowest BCUT2D eigenvalue weighted by atomic mass is 9.96. The van der Waals surface area contributed by atoms with Crippen LogP contribution in [-0.4, -0.2) is 37.6 Å². The molecule has 1 aromatic heterocycles. The minimum Gasteiger partial charge on any atom is -0.322 e. The number of fused-ring (bicyclic) bond motifs is 1. The maximum atomic E-state index is 13.1. The summed E-state index contributed by atoms with van der Waals surface area (Å²) in [4.78, 5) is 28.4. The van der Waals surface area contributed by atoms with Crippen LogP contribution in [-0.2, 0) is 16.1 Å². The molecule has 1 aliphatic heterocycles. The lowest BCUT2D eigenvalue weighted by Gasteiger charge is -2.41. The van der Waals surface area contributed by atoms with E-state index in [1.54, 1.807) is 19.9 Å². The molecule has 2 amide bonds. The molecule has 28 heavy (non-hydrogen) atoms. The normalized spacial score (nSPS) is 15.1. The minimum absolute atomic E-state index is 0.121. The smallest absolute Gasteiger partial charge is 0.251 e. The Morgan fingerprint density at radius 2 is 1.82 bits per heavy atom. The summed E-state index contributed by atoms with van der Waals surface area (Å²) in [5, 5.41) is 15.3. The molecular weight excluding hydrogens is 356 g/mol. The van der Waals surface area contributed by atoms with Crippen molar-refractivity contribution in [3.63, 3.8) is 0 Å². The van der Waals surface area contributed by atoms with E-state index < -0.39 is 5.54 Å². The number of aromatic nitrogens is 4. The van der Waals surface area contributed by atoms with Crippen molar-refractivity contribution in [3.8, 4) is 11.4 Å². The maximum absolute atomic E-state index is 13.1. The quantitative estimate of drug-likeness (QED) is 0.758. The Balaban J connectivity index is 1.64. The molecule has 0 saturated heterocycles. The monoisotopic (exact) mass is 376 g/mol. The van der Waals surface area contributed by atoms with Gasteiger partial charge in [-0.05, 0) is 43.7 Å². The first-order valence-electron chi connectivity index (χ1n) is 8.95. The van der Waals surface area contributed by atoms with E-state index in [0.717, 1.165) is 11.1 Å². The molecule has 0 aliphatic carbocycles. The average Bonchev–Trinajstić information content (AvgIpc) is 3.11. The highest BCUT2D eigenvalue weighted by Crippen LogP contribution is 2.36. The number of para-hydroxylation sites is 2. The molecule has 8 nitrogen and oxygen atoms in total. The van der Waals surface area contributed by atoms with Crippen LogP contribution in [0.15, 0.2) is 48.5 Å². The van der Waals surface area contributed by atoms with Gasteiger partial charge < -0.3 is 5.32 Å². The standard InChI is InChI=1S/C20H20N6O2/c1-13-8-4-5-9-14(13)18-22-24-25(23-18)12-17(27)26-16-11-7-6-10-15(16)21-19(28)20(26,2)3/h4-11H,12H2,1-3H3,(H,21,28). The van der Waals surface area contributed by atoms with Gasteiger partial charge in [0.2, 0.25) is 11.7 Å². The van der Waals surface area contributed by atoms with Crippen LogP contribution in [0.1, 0.15) is 19.4 Å². The second-order valence-electron chi connectivity index (χ2n) is 7.22. The molecule has 4 rings (SSSR count). The molecule has 0 atom stereocenters. The Morgan fingerprint density at radius 1 is 1.11 bits per heavy atom. The van der Waals surface area contributed by atoms with Gasteiger partial charge >= 0.3 is 0 Å². The number of benzene rings is 2. The molecule has 1 N–H and O–H groups in total. The zero-order chi connectivity index (χ0) is 19.9. The van der Waals surface area contributed by atoms with Crippen LogP contribution in [0.25, 0.3) is 11.4 Å². The summed E-state index contributed by atoms with van der Waals surface area (Å²) in [6.45, 7) is 5.27. The van der Waals surface area contributed by atoms with Gasteiger partial charge in [0.15, 0.2) is 0 Å². The van der Waals surface area contributed by atoms with Gasteiger partial charge in [-0.3, -0.25) is 14.5 Å². The van der Waals surface area contributed by atoms with Crippen molar-refractivity contribution in [3.05, 3.63) is 54.1 Å². The second-order valence-corrected chi connectivity index (χ2v) is 7.22. The van der Waals surface area contributed by atoms with E-state index >= 15 is 0 Å². The molecule has 0 bridgehead atoms. The molecule has 8 heteroatoms. The summed E-state index contributed by atoms with van der Waals surface area (Å²) in [6, 6.07) is 14.9. The van der Waals surface area contributed by atoms with E-state index in [0.29, 0.717) is 17.2 Å². The second kappa shape index (κ2) is 6.56. The summed E-state index contributed by atoms with van der Waals surface area (Å²) < 4.78 is 0. The Labute approximate surface area is 162 Å². The summed E-state index contributed by atoms with van der Waals surface area (Å²) in [5.41, 5.74) is 2.11. The van der Waals surface area contributed by atoms with Gasteiger partial charge in [0.1, 0.15) is 12.1 Å². The van der Waals surface area contributed by atoms with Gasteiger partial charge in [-0.25, -0.2) is 0 Å². The number of aryl methyl sites for hydroxylation is 1. The van der Waals surface area contributed by atoms with Crippen LogP contribution in [0.3, 0.4) is 0 Å². The molecule has 0 spiro atoms. The number of rotatable bonds is 3. The Bertz CT molecular complexity index is 1070. The number of nitrogens with zero attached hydrogens (tertiary/aromatic N) is 5. The van der Waals surface area contributed by atoms with Gasteiger partial charge in [0.25, 0.3) is 5.91 Å². The fraction of sp³-hybridized carbons (Fsp3) is 0.250. The molecule has 0 fully saturated rings. The van der Waals surface area contributed by atoms with Crippen molar-refractivity contribution < 1.29 is 9.59 Å². The largest absolute Gasteiger partial charge is 0.322 e. The predicted octanol–water partition coefficient (Wildman–Crippen LogP) is 2.41. The van der Waals surface area contributed by atoms with Gasteiger partial charge in [-0.1, -0.05) is 36.4 Å². The molecule has 3 aromatic rings. The summed E-state index contributed by atoms with van der Waals surface area (Å²) in [5.74, 6) is -0.0744. The van der Waals surface area contributed by atoms with Crippen molar-refractivity contribution in [2.45, 2.75) is 32.9 Å². The van der Waals surface area contributed by atoms with Crippen molar-refractivity contribution in [2.24, 2.45) is 0 Å². The fourth-order valence-electron chi connectivity index (χ4n) is 3.33. The number of carbonyl (C=O) groups excluding carboxylic acids is 2. The van der Waals surface area contributed by atoms with Gasteiger partial charge in [-0.2, -0.15) is 4.80 Å². The van der Waals surface area contributed by atoms with Gasteiger partial charge in [0, 0.05) is 5.56 Å². The van der Waals surface area contributed by atoms with E-state index in [1.165, 1.54) is 9.70 Å². The SMILES string of the molecule is Cc1ccccc1-c1nnn(CC(=O)N2c3ccccc3NC(=O)C2(C)C)n1. The number of hydrogen-bond acceptors (Lipinski definition) is 5. The van der Waals surface area contributed by atoms with Crippen molar-refractivity contribution in [1.82, 2.24) is 20.2 Å². The van der Waals surface area contributed by atoms with Crippen LogP contribution in [0.4, 0.5) is 11.4 Å². The number of amides is 2. The molecule has 2 aromatic carbocycles. The first-order valence-corrected chi connectivity index (χ1v) is 8.95. The average molecular weight is 376 g/mol. The van der Waals surface area contributed by atoms with Gasteiger partial charge in [-0.15, -0.1) is 10.2 Å².